The Hall–Kier alpha value is -3.39. The van der Waals surface area contributed by atoms with Crippen LogP contribution in [0.4, 0.5) is 18.9 Å². The highest BCUT2D eigenvalue weighted by Crippen LogP contribution is 2.33. The van der Waals surface area contributed by atoms with E-state index in [1.54, 1.807) is 48.5 Å². The molecule has 0 unspecified atom stereocenters. The van der Waals surface area contributed by atoms with Gasteiger partial charge in [0.25, 0.3) is 5.91 Å². The highest BCUT2D eigenvalue weighted by atomic mass is 35.5. The van der Waals surface area contributed by atoms with Crippen molar-refractivity contribution in [1.29, 1.82) is 0 Å². The Labute approximate surface area is 174 Å². The topological polar surface area (TPSA) is 59.3 Å². The van der Waals surface area contributed by atoms with E-state index in [2.05, 4.69) is 15.4 Å². The predicted octanol–water partition coefficient (Wildman–Crippen LogP) is 5.63. The number of alkyl halides is 3. The van der Waals surface area contributed by atoms with Crippen LogP contribution in [0.25, 0.3) is 16.9 Å². The number of carbonyl (C=O) groups is 1. The fraction of sp³-hybridized carbons (Fsp3) is 0.0952. The zero-order valence-electron chi connectivity index (χ0n) is 15.5. The molecule has 9 heteroatoms. The lowest BCUT2D eigenvalue weighted by Gasteiger charge is -2.12. The summed E-state index contributed by atoms with van der Waals surface area (Å²) in [5.74, 6) is -0.667. The van der Waals surface area contributed by atoms with Gasteiger partial charge in [-0.15, -0.1) is 0 Å². The molecule has 5 nitrogen and oxygen atoms in total. The number of nitrogens with one attached hydrogen (secondary N) is 1. The molecule has 152 valence electrons. The zero-order valence-corrected chi connectivity index (χ0v) is 16.3. The van der Waals surface area contributed by atoms with Gasteiger partial charge in [-0.3, -0.25) is 4.79 Å². The van der Waals surface area contributed by atoms with Gasteiger partial charge in [-0.05, 0) is 25.1 Å². The van der Waals surface area contributed by atoms with Crippen LogP contribution < -0.4 is 5.32 Å². The van der Waals surface area contributed by atoms with Crippen LogP contribution in [-0.2, 0) is 6.18 Å². The van der Waals surface area contributed by atoms with Crippen LogP contribution in [0, 0.1) is 6.92 Å². The molecule has 0 saturated carbocycles. The zero-order chi connectivity index (χ0) is 21.5. The largest absolute Gasteiger partial charge is 0.433 e. The quantitative estimate of drug-likeness (QED) is 0.458. The summed E-state index contributed by atoms with van der Waals surface area (Å²) in [4.78, 5) is 17.1. The maximum Gasteiger partial charge on any atom is 0.433 e. The van der Waals surface area contributed by atoms with Crippen molar-refractivity contribution in [2.24, 2.45) is 0 Å². The fourth-order valence-electron chi connectivity index (χ4n) is 2.95. The van der Waals surface area contributed by atoms with Gasteiger partial charge in [0.05, 0.1) is 22.6 Å². The van der Waals surface area contributed by atoms with Crippen molar-refractivity contribution in [1.82, 2.24) is 14.6 Å². The molecular formula is C21H14ClF3N4O. The first-order valence-electron chi connectivity index (χ1n) is 8.83. The van der Waals surface area contributed by atoms with E-state index in [-0.39, 0.29) is 16.9 Å². The van der Waals surface area contributed by atoms with Gasteiger partial charge in [-0.25, -0.2) is 9.50 Å². The third-order valence-electron chi connectivity index (χ3n) is 4.48. The van der Waals surface area contributed by atoms with Crippen LogP contribution in [0.15, 0.2) is 60.8 Å². The van der Waals surface area contributed by atoms with Crippen molar-refractivity contribution in [3.63, 3.8) is 0 Å². The van der Waals surface area contributed by atoms with Gasteiger partial charge in [0.2, 0.25) is 0 Å². The van der Waals surface area contributed by atoms with Crippen LogP contribution in [-0.4, -0.2) is 20.5 Å². The number of carbonyl (C=O) groups excluding carboxylic acids is 1. The van der Waals surface area contributed by atoms with Crippen LogP contribution in [0.5, 0.6) is 0 Å². The number of para-hydroxylation sites is 1. The molecule has 0 spiro atoms. The molecule has 2 aromatic carbocycles. The number of amides is 1. The van der Waals surface area contributed by atoms with Crippen molar-refractivity contribution in [3.8, 4) is 11.3 Å². The SMILES string of the molecule is Cc1ccc(-c2cc(C(F)(F)F)n3ncc(C(=O)Nc4ccccc4Cl)c3n2)cc1. The highest BCUT2D eigenvalue weighted by molar-refractivity contribution is 6.34. The van der Waals surface area contributed by atoms with Crippen molar-refractivity contribution >= 4 is 28.8 Å². The van der Waals surface area contributed by atoms with Crippen molar-refractivity contribution in [3.05, 3.63) is 82.6 Å². The summed E-state index contributed by atoms with van der Waals surface area (Å²) in [6.07, 6.45) is -3.63. The standard InChI is InChI=1S/C21H14ClF3N4O/c1-12-6-8-13(9-7-12)17-10-18(21(23,24)25)29-19(27-17)14(11-26-29)20(30)28-16-5-3-2-4-15(16)22/h2-11H,1H3,(H,28,30). The molecule has 0 aliphatic rings. The summed E-state index contributed by atoms with van der Waals surface area (Å²) in [5.41, 5.74) is 0.530. The lowest BCUT2D eigenvalue weighted by molar-refractivity contribution is -0.142. The second-order valence-corrected chi connectivity index (χ2v) is 7.03. The molecule has 30 heavy (non-hydrogen) atoms. The summed E-state index contributed by atoms with van der Waals surface area (Å²) < 4.78 is 41.7. The molecule has 0 radical (unpaired) electrons. The number of hydrogen-bond donors (Lipinski definition) is 1. The third kappa shape index (κ3) is 3.73. The van der Waals surface area contributed by atoms with E-state index in [1.807, 2.05) is 6.92 Å². The second-order valence-electron chi connectivity index (χ2n) is 6.62. The number of fused-ring (bicyclic) bond motifs is 1. The van der Waals surface area contributed by atoms with Gasteiger partial charge in [0.15, 0.2) is 11.3 Å². The average Bonchev–Trinajstić information content (AvgIpc) is 3.13. The first-order chi connectivity index (χ1) is 14.2. The Morgan fingerprint density at radius 2 is 1.80 bits per heavy atom. The molecule has 0 aliphatic carbocycles. The monoisotopic (exact) mass is 430 g/mol. The Balaban J connectivity index is 1.85. The van der Waals surface area contributed by atoms with Gasteiger partial charge in [0, 0.05) is 5.56 Å². The van der Waals surface area contributed by atoms with Gasteiger partial charge in [-0.2, -0.15) is 18.3 Å². The van der Waals surface area contributed by atoms with Crippen LogP contribution >= 0.6 is 11.6 Å². The number of halogens is 4. The Morgan fingerprint density at radius 1 is 1.10 bits per heavy atom. The molecule has 1 amide bonds. The number of nitrogens with zero attached hydrogens (tertiary/aromatic N) is 3. The maximum absolute atomic E-state index is 13.7. The van der Waals surface area contributed by atoms with Gasteiger partial charge in [0.1, 0.15) is 5.56 Å². The van der Waals surface area contributed by atoms with E-state index in [0.29, 0.717) is 20.8 Å². The molecule has 1 N–H and O–H groups in total. The number of benzene rings is 2. The molecule has 0 bridgehead atoms. The average molecular weight is 431 g/mol. The third-order valence-corrected chi connectivity index (χ3v) is 4.81. The van der Waals surface area contributed by atoms with Crippen molar-refractivity contribution < 1.29 is 18.0 Å². The van der Waals surface area contributed by atoms with Gasteiger partial charge < -0.3 is 5.32 Å². The lowest BCUT2D eigenvalue weighted by Crippen LogP contribution is -2.16. The molecular weight excluding hydrogens is 417 g/mol. The molecule has 2 aromatic heterocycles. The normalized spacial score (nSPS) is 11.6. The van der Waals surface area contributed by atoms with E-state index < -0.39 is 17.8 Å². The summed E-state index contributed by atoms with van der Waals surface area (Å²) in [5, 5.41) is 6.64. The second kappa shape index (κ2) is 7.46. The van der Waals surface area contributed by atoms with Crippen molar-refractivity contribution in [2.75, 3.05) is 5.32 Å². The Morgan fingerprint density at radius 3 is 2.47 bits per heavy atom. The minimum atomic E-state index is -4.69. The smallest absolute Gasteiger partial charge is 0.320 e. The molecule has 4 aromatic rings. The number of aromatic nitrogens is 3. The lowest BCUT2D eigenvalue weighted by atomic mass is 10.1. The molecule has 2 heterocycles. The molecule has 4 rings (SSSR count). The van der Waals surface area contributed by atoms with Crippen LogP contribution in [0.2, 0.25) is 5.02 Å². The minimum absolute atomic E-state index is 0.0853. The molecule has 0 atom stereocenters. The van der Waals surface area contributed by atoms with Crippen molar-refractivity contribution in [2.45, 2.75) is 13.1 Å². The van der Waals surface area contributed by atoms with E-state index in [0.717, 1.165) is 17.8 Å². The Kier molecular flexibility index (Phi) is 4.95. The first kappa shape index (κ1) is 19.9. The maximum atomic E-state index is 13.7. The van der Waals surface area contributed by atoms with Crippen LogP contribution in [0.1, 0.15) is 21.6 Å². The molecule has 0 aliphatic heterocycles. The van der Waals surface area contributed by atoms with E-state index in [4.69, 9.17) is 11.6 Å². The van der Waals surface area contributed by atoms with Gasteiger partial charge in [-0.1, -0.05) is 53.6 Å². The number of anilines is 1. The fourth-order valence-corrected chi connectivity index (χ4v) is 3.13. The van der Waals surface area contributed by atoms with Crippen LogP contribution in [0.3, 0.4) is 0 Å². The summed E-state index contributed by atoms with van der Waals surface area (Å²) in [6.45, 7) is 1.87. The van der Waals surface area contributed by atoms with E-state index in [1.165, 1.54) is 0 Å². The summed E-state index contributed by atoms with van der Waals surface area (Å²) in [6, 6.07) is 14.3. The highest BCUT2D eigenvalue weighted by Gasteiger charge is 2.36. The van der Waals surface area contributed by atoms with Gasteiger partial charge >= 0.3 is 6.18 Å². The summed E-state index contributed by atoms with van der Waals surface area (Å²) in [7, 11) is 0. The summed E-state index contributed by atoms with van der Waals surface area (Å²) >= 11 is 6.05. The number of hydrogen-bond acceptors (Lipinski definition) is 3. The predicted molar refractivity (Wildman–Crippen MR) is 108 cm³/mol. The minimum Gasteiger partial charge on any atom is -0.320 e. The van der Waals surface area contributed by atoms with E-state index in [9.17, 15) is 18.0 Å². The van der Waals surface area contributed by atoms with E-state index >= 15 is 0 Å². The Bertz CT molecular complexity index is 1250. The first-order valence-corrected chi connectivity index (χ1v) is 9.21. The molecule has 0 saturated heterocycles. The number of aryl methyl sites for hydroxylation is 1. The number of rotatable bonds is 3. The molecule has 0 fully saturated rings.